The molecule has 2 unspecified atom stereocenters. The van der Waals surface area contributed by atoms with Crippen molar-refractivity contribution in [1.29, 1.82) is 0 Å². The number of hydrogen-bond donors (Lipinski definition) is 4. The predicted octanol–water partition coefficient (Wildman–Crippen LogP) is -0.0449. The van der Waals surface area contributed by atoms with Crippen LogP contribution in [-0.2, 0) is 9.59 Å². The maximum atomic E-state index is 12.0. The molecule has 0 aliphatic heterocycles. The zero-order chi connectivity index (χ0) is 15.2. The van der Waals surface area contributed by atoms with Gasteiger partial charge in [0.05, 0.1) is 12.8 Å². The van der Waals surface area contributed by atoms with E-state index in [0.29, 0.717) is 0 Å². The molecule has 0 fully saturated rings. The van der Waals surface area contributed by atoms with Gasteiger partial charge in [-0.1, -0.05) is 0 Å². The summed E-state index contributed by atoms with van der Waals surface area (Å²) in [6, 6.07) is -3.94. The Bertz CT molecular complexity index is 359. The number of nitrogens with two attached hydrogens (primary N) is 1. The van der Waals surface area contributed by atoms with E-state index in [1.165, 1.54) is 0 Å². The van der Waals surface area contributed by atoms with Crippen molar-refractivity contribution in [3.8, 4) is 0 Å². The number of primary amides is 1. The molecule has 110 valence electrons. The average molecular weight is 285 g/mol. The van der Waals surface area contributed by atoms with Crippen LogP contribution in [0.5, 0.6) is 0 Å². The first-order valence-electron chi connectivity index (χ1n) is 5.16. The van der Waals surface area contributed by atoms with Gasteiger partial charge in [0.15, 0.2) is 0 Å². The Morgan fingerprint density at radius 3 is 2.16 bits per heavy atom. The molecule has 0 spiro atoms. The normalized spacial score (nSPS) is 14.3. The molecule has 5 N–H and O–H groups in total. The van der Waals surface area contributed by atoms with Crippen molar-refractivity contribution >= 4 is 17.9 Å². The summed E-state index contributed by atoms with van der Waals surface area (Å²) in [7, 11) is 0. The Hall–Kier alpha value is -2.00. The zero-order valence-corrected chi connectivity index (χ0v) is 9.95. The van der Waals surface area contributed by atoms with E-state index < -0.39 is 49.0 Å². The van der Waals surface area contributed by atoms with Crippen LogP contribution in [0.2, 0.25) is 0 Å². The number of hydrogen-bond acceptors (Lipinski definition) is 3. The van der Waals surface area contributed by atoms with E-state index in [2.05, 4.69) is 0 Å². The maximum absolute atomic E-state index is 12.0. The molecule has 0 saturated heterocycles. The highest BCUT2D eigenvalue weighted by atomic mass is 19.4. The fraction of sp³-hybridized carbons (Fsp3) is 0.667. The van der Waals surface area contributed by atoms with Gasteiger partial charge in [-0.25, -0.2) is 9.59 Å². The monoisotopic (exact) mass is 285 g/mol. The molecular weight excluding hydrogens is 271 g/mol. The molecule has 19 heavy (non-hydrogen) atoms. The number of carboxylic acids is 1. The van der Waals surface area contributed by atoms with Gasteiger partial charge < -0.3 is 21.5 Å². The lowest BCUT2D eigenvalue weighted by atomic mass is 10.2. The van der Waals surface area contributed by atoms with Crippen molar-refractivity contribution in [2.75, 3.05) is 0 Å². The lowest BCUT2D eigenvalue weighted by molar-refractivity contribution is -0.141. The summed E-state index contributed by atoms with van der Waals surface area (Å²) < 4.78 is 36.0. The molecule has 7 nitrogen and oxygen atoms in total. The Kier molecular flexibility index (Phi) is 6.09. The number of carboxylic acid groups (broad SMARTS) is 1. The summed E-state index contributed by atoms with van der Waals surface area (Å²) >= 11 is 0. The van der Waals surface area contributed by atoms with Gasteiger partial charge in [0.25, 0.3) is 0 Å². The molecule has 0 aromatic carbocycles. The van der Waals surface area contributed by atoms with Crippen molar-refractivity contribution in [2.24, 2.45) is 5.73 Å². The van der Waals surface area contributed by atoms with E-state index in [1.807, 2.05) is 10.6 Å². The molecule has 0 aromatic heterocycles. The van der Waals surface area contributed by atoms with Gasteiger partial charge in [0, 0.05) is 6.04 Å². The van der Waals surface area contributed by atoms with Gasteiger partial charge in [0.1, 0.15) is 6.04 Å². The molecule has 2 atom stereocenters. The second-order valence-electron chi connectivity index (χ2n) is 3.90. The summed E-state index contributed by atoms with van der Waals surface area (Å²) in [5.74, 6) is -2.48. The molecule has 0 bridgehead atoms. The molecule has 0 aliphatic rings. The topological polar surface area (TPSA) is 122 Å². The van der Waals surface area contributed by atoms with Crippen LogP contribution in [0.15, 0.2) is 0 Å². The smallest absolute Gasteiger partial charge is 0.391 e. The standard InChI is InChI=1S/C9H14F3N3O4/c1-4(3-9(10,11)12)14-8(19)15-5(7(17)18)2-6(13)16/h4-5H,2-3H2,1H3,(H2,13,16)(H,17,18)(H2,14,15,19). The Balaban J connectivity index is 4.34. The number of nitrogens with one attached hydrogen (secondary N) is 2. The molecule has 0 heterocycles. The number of carbonyl (C=O) groups is 3. The summed E-state index contributed by atoms with van der Waals surface area (Å²) in [5, 5.41) is 12.4. The van der Waals surface area contributed by atoms with Crippen LogP contribution in [0.4, 0.5) is 18.0 Å². The highest BCUT2D eigenvalue weighted by Gasteiger charge is 2.31. The van der Waals surface area contributed by atoms with Crippen LogP contribution in [0, 0.1) is 0 Å². The third kappa shape index (κ3) is 8.69. The van der Waals surface area contributed by atoms with Crippen molar-refractivity contribution in [2.45, 2.75) is 38.0 Å². The minimum atomic E-state index is -4.45. The van der Waals surface area contributed by atoms with Gasteiger partial charge in [-0.15, -0.1) is 0 Å². The second kappa shape index (κ2) is 6.81. The van der Waals surface area contributed by atoms with Crippen LogP contribution in [0.1, 0.15) is 19.8 Å². The summed E-state index contributed by atoms with van der Waals surface area (Å²) in [4.78, 5) is 32.4. The quantitative estimate of drug-likeness (QED) is 0.546. The number of alkyl halides is 3. The first-order valence-corrected chi connectivity index (χ1v) is 5.16. The number of amides is 3. The number of urea groups is 1. The second-order valence-corrected chi connectivity index (χ2v) is 3.90. The van der Waals surface area contributed by atoms with E-state index in [1.54, 1.807) is 0 Å². The summed E-state index contributed by atoms with van der Waals surface area (Å²) in [5.41, 5.74) is 4.77. The van der Waals surface area contributed by atoms with Gasteiger partial charge in [-0.05, 0) is 6.92 Å². The van der Waals surface area contributed by atoms with E-state index in [9.17, 15) is 27.6 Å². The highest BCUT2D eigenvalue weighted by Crippen LogP contribution is 2.21. The third-order valence-electron chi connectivity index (χ3n) is 1.92. The van der Waals surface area contributed by atoms with Crippen molar-refractivity contribution in [1.82, 2.24) is 10.6 Å². The van der Waals surface area contributed by atoms with E-state index in [0.717, 1.165) is 6.92 Å². The number of halogens is 3. The fourth-order valence-electron chi connectivity index (χ4n) is 1.22. The van der Waals surface area contributed by atoms with Gasteiger partial charge in [-0.3, -0.25) is 4.79 Å². The van der Waals surface area contributed by atoms with Crippen molar-refractivity contribution in [3.05, 3.63) is 0 Å². The Labute approximate surface area is 106 Å². The van der Waals surface area contributed by atoms with E-state index >= 15 is 0 Å². The molecule has 0 saturated carbocycles. The van der Waals surface area contributed by atoms with Gasteiger partial charge >= 0.3 is 18.2 Å². The zero-order valence-electron chi connectivity index (χ0n) is 9.95. The molecule has 10 heteroatoms. The minimum Gasteiger partial charge on any atom is -0.480 e. The van der Waals surface area contributed by atoms with Crippen LogP contribution in [0.25, 0.3) is 0 Å². The molecule has 0 rings (SSSR count). The summed E-state index contributed by atoms with van der Waals surface area (Å²) in [6.07, 6.45) is -6.36. The van der Waals surface area contributed by atoms with Crippen LogP contribution in [-0.4, -0.2) is 41.3 Å². The lowest BCUT2D eigenvalue weighted by Gasteiger charge is -2.18. The highest BCUT2D eigenvalue weighted by molar-refractivity contribution is 5.87. The first kappa shape index (κ1) is 17.0. The molecule has 0 aliphatic carbocycles. The van der Waals surface area contributed by atoms with E-state index in [4.69, 9.17) is 10.8 Å². The fourth-order valence-corrected chi connectivity index (χ4v) is 1.22. The third-order valence-corrected chi connectivity index (χ3v) is 1.92. The van der Waals surface area contributed by atoms with Gasteiger partial charge in [-0.2, -0.15) is 13.2 Å². The Morgan fingerprint density at radius 1 is 1.26 bits per heavy atom. The van der Waals surface area contributed by atoms with Gasteiger partial charge in [0.2, 0.25) is 5.91 Å². The predicted molar refractivity (Wildman–Crippen MR) is 57.0 cm³/mol. The summed E-state index contributed by atoms with van der Waals surface area (Å²) in [6.45, 7) is 1.11. The number of aliphatic carboxylic acids is 1. The molecule has 0 aromatic rings. The molecule has 0 radical (unpaired) electrons. The van der Waals surface area contributed by atoms with Crippen LogP contribution < -0.4 is 16.4 Å². The number of rotatable bonds is 6. The first-order chi connectivity index (χ1) is 8.51. The average Bonchev–Trinajstić information content (AvgIpc) is 2.11. The SMILES string of the molecule is CC(CC(F)(F)F)NC(=O)NC(CC(N)=O)C(=O)O. The van der Waals surface area contributed by atoms with E-state index in [-0.39, 0.29) is 0 Å². The van der Waals surface area contributed by atoms with Crippen molar-refractivity contribution in [3.63, 3.8) is 0 Å². The van der Waals surface area contributed by atoms with Crippen LogP contribution >= 0.6 is 0 Å². The van der Waals surface area contributed by atoms with Crippen LogP contribution in [0.3, 0.4) is 0 Å². The minimum absolute atomic E-state index is 0.656. The molecule has 3 amide bonds. The van der Waals surface area contributed by atoms with Crippen molar-refractivity contribution < 1.29 is 32.7 Å². The Morgan fingerprint density at radius 2 is 1.79 bits per heavy atom. The maximum Gasteiger partial charge on any atom is 0.391 e. The lowest BCUT2D eigenvalue weighted by Crippen LogP contribution is -2.50. The molecular formula is C9H14F3N3O4. The number of carbonyl (C=O) groups excluding carboxylic acids is 2. The largest absolute Gasteiger partial charge is 0.480 e.